The van der Waals surface area contributed by atoms with Crippen molar-refractivity contribution in [3.63, 3.8) is 0 Å². The van der Waals surface area contributed by atoms with Gasteiger partial charge in [0, 0.05) is 25.1 Å². The third-order valence-corrected chi connectivity index (χ3v) is 8.93. The van der Waals surface area contributed by atoms with Crippen LogP contribution >= 0.6 is 0 Å². The monoisotopic (exact) mass is 629 g/mol. The standard InChI is InChI=1S/C35H39N3O6S/c1-26(2)36-35(40)33(22-27-13-7-5-8-14-27)37(24-28-15-11-17-30(21-28)43-3)34(39)25-38(29-16-12-18-31(23-29)44-4)45(41,42)32-19-9-6-10-20-32/h5-21,23,26,33H,22,24-25H2,1-4H3,(H,36,40). The number of sulfonamides is 1. The summed E-state index contributed by atoms with van der Waals surface area (Å²) in [5.41, 5.74) is 1.82. The average molecular weight is 630 g/mol. The van der Waals surface area contributed by atoms with E-state index in [2.05, 4.69) is 5.32 Å². The molecule has 1 N–H and O–H groups in total. The molecule has 0 aliphatic rings. The number of benzene rings is 4. The van der Waals surface area contributed by atoms with Gasteiger partial charge in [0.2, 0.25) is 11.8 Å². The van der Waals surface area contributed by atoms with Gasteiger partial charge in [-0.05, 0) is 61.4 Å². The van der Waals surface area contributed by atoms with E-state index in [1.807, 2.05) is 50.2 Å². The lowest BCUT2D eigenvalue weighted by Crippen LogP contribution is -2.54. The van der Waals surface area contributed by atoms with Gasteiger partial charge < -0.3 is 19.7 Å². The Balaban J connectivity index is 1.82. The van der Waals surface area contributed by atoms with Crippen LogP contribution in [0.25, 0.3) is 0 Å². The number of anilines is 1. The van der Waals surface area contributed by atoms with Gasteiger partial charge in [0.1, 0.15) is 24.1 Å². The summed E-state index contributed by atoms with van der Waals surface area (Å²) in [4.78, 5) is 29.8. The van der Waals surface area contributed by atoms with Gasteiger partial charge in [-0.25, -0.2) is 8.42 Å². The first kappa shape index (κ1) is 33.1. The van der Waals surface area contributed by atoms with Crippen LogP contribution in [0, 0.1) is 0 Å². The molecule has 0 saturated carbocycles. The maximum atomic E-state index is 14.5. The first-order valence-corrected chi connectivity index (χ1v) is 16.0. The summed E-state index contributed by atoms with van der Waals surface area (Å²) in [6.07, 6.45) is 0.222. The van der Waals surface area contributed by atoms with Crippen LogP contribution in [0.1, 0.15) is 25.0 Å². The summed E-state index contributed by atoms with van der Waals surface area (Å²) in [7, 11) is -1.17. The maximum absolute atomic E-state index is 14.5. The van der Waals surface area contributed by atoms with Crippen LogP contribution in [0.5, 0.6) is 11.5 Å². The molecule has 2 amide bonds. The molecular formula is C35H39N3O6S. The fourth-order valence-corrected chi connectivity index (χ4v) is 6.34. The Bertz CT molecular complexity index is 1680. The Morgan fingerprint density at radius 3 is 1.96 bits per heavy atom. The van der Waals surface area contributed by atoms with E-state index in [1.165, 1.54) is 24.1 Å². The number of carbonyl (C=O) groups excluding carboxylic acids is 2. The number of nitrogens with one attached hydrogen (secondary N) is 1. The minimum atomic E-state index is -4.21. The number of methoxy groups -OCH3 is 2. The number of hydrogen-bond donors (Lipinski definition) is 1. The van der Waals surface area contributed by atoms with Crippen molar-refractivity contribution in [1.29, 1.82) is 0 Å². The molecule has 0 radical (unpaired) electrons. The molecule has 4 aromatic carbocycles. The number of rotatable bonds is 14. The van der Waals surface area contributed by atoms with E-state index < -0.39 is 28.5 Å². The smallest absolute Gasteiger partial charge is 0.264 e. The van der Waals surface area contributed by atoms with Gasteiger partial charge in [-0.1, -0.05) is 66.7 Å². The maximum Gasteiger partial charge on any atom is 0.264 e. The van der Waals surface area contributed by atoms with Gasteiger partial charge >= 0.3 is 0 Å². The molecule has 0 fully saturated rings. The summed E-state index contributed by atoms with van der Waals surface area (Å²) >= 11 is 0. The second kappa shape index (κ2) is 15.3. The number of ether oxygens (including phenoxy) is 2. The van der Waals surface area contributed by atoms with Gasteiger partial charge in [-0.15, -0.1) is 0 Å². The topological polar surface area (TPSA) is 105 Å². The van der Waals surface area contributed by atoms with Gasteiger partial charge in [-0.2, -0.15) is 0 Å². The van der Waals surface area contributed by atoms with E-state index in [0.717, 1.165) is 15.4 Å². The summed E-state index contributed by atoms with van der Waals surface area (Å²) in [5, 5.41) is 2.96. The van der Waals surface area contributed by atoms with Crippen molar-refractivity contribution in [2.75, 3.05) is 25.1 Å². The first-order valence-electron chi connectivity index (χ1n) is 14.6. The molecule has 10 heteroatoms. The van der Waals surface area contributed by atoms with E-state index in [4.69, 9.17) is 9.47 Å². The Morgan fingerprint density at radius 1 is 0.756 bits per heavy atom. The van der Waals surface area contributed by atoms with E-state index in [1.54, 1.807) is 67.8 Å². The quantitative estimate of drug-likeness (QED) is 0.209. The van der Waals surface area contributed by atoms with Crippen LogP contribution < -0.4 is 19.1 Å². The highest BCUT2D eigenvalue weighted by atomic mass is 32.2. The van der Waals surface area contributed by atoms with Gasteiger partial charge in [0.25, 0.3) is 10.0 Å². The largest absolute Gasteiger partial charge is 0.497 e. The van der Waals surface area contributed by atoms with Crippen molar-refractivity contribution in [2.24, 2.45) is 0 Å². The molecule has 236 valence electrons. The molecule has 0 spiro atoms. The molecule has 1 unspecified atom stereocenters. The summed E-state index contributed by atoms with van der Waals surface area (Å²) in [5.74, 6) is 0.124. The van der Waals surface area contributed by atoms with E-state index in [-0.39, 0.29) is 35.5 Å². The molecule has 45 heavy (non-hydrogen) atoms. The van der Waals surface area contributed by atoms with Crippen LogP contribution in [0.4, 0.5) is 5.69 Å². The van der Waals surface area contributed by atoms with Crippen molar-refractivity contribution in [2.45, 2.75) is 43.8 Å². The van der Waals surface area contributed by atoms with Crippen molar-refractivity contribution in [3.05, 3.63) is 120 Å². The highest BCUT2D eigenvalue weighted by Crippen LogP contribution is 2.28. The predicted molar refractivity (Wildman–Crippen MR) is 175 cm³/mol. The SMILES string of the molecule is COc1cccc(CN(C(=O)CN(c2cccc(OC)c2)S(=O)(=O)c2ccccc2)C(Cc2ccccc2)C(=O)NC(C)C)c1. The molecule has 0 aliphatic carbocycles. The van der Waals surface area contributed by atoms with Crippen LogP contribution in [0.15, 0.2) is 114 Å². The second-order valence-electron chi connectivity index (χ2n) is 10.8. The molecule has 1 atom stereocenters. The lowest BCUT2D eigenvalue weighted by atomic mass is 10.0. The van der Waals surface area contributed by atoms with Crippen LogP contribution in [0.3, 0.4) is 0 Å². The number of nitrogens with zero attached hydrogens (tertiary/aromatic N) is 2. The van der Waals surface area contributed by atoms with E-state index in [9.17, 15) is 18.0 Å². The lowest BCUT2D eigenvalue weighted by molar-refractivity contribution is -0.140. The molecule has 0 heterocycles. The van der Waals surface area contributed by atoms with E-state index >= 15 is 0 Å². The highest BCUT2D eigenvalue weighted by Gasteiger charge is 2.35. The number of amides is 2. The Morgan fingerprint density at radius 2 is 1.33 bits per heavy atom. The minimum absolute atomic E-state index is 0.0263. The Kier molecular flexibility index (Phi) is 11.2. The molecular weight excluding hydrogens is 590 g/mol. The fraction of sp³-hybridized carbons (Fsp3) is 0.257. The highest BCUT2D eigenvalue weighted by molar-refractivity contribution is 7.92. The van der Waals surface area contributed by atoms with Crippen molar-refractivity contribution in [1.82, 2.24) is 10.2 Å². The van der Waals surface area contributed by atoms with Crippen molar-refractivity contribution in [3.8, 4) is 11.5 Å². The zero-order valence-corrected chi connectivity index (χ0v) is 26.7. The van der Waals surface area contributed by atoms with Gasteiger partial charge in [-0.3, -0.25) is 13.9 Å². The van der Waals surface area contributed by atoms with E-state index in [0.29, 0.717) is 11.5 Å². The molecule has 4 aromatic rings. The Hall–Kier alpha value is -4.83. The molecule has 0 aliphatic heterocycles. The van der Waals surface area contributed by atoms with Gasteiger partial charge in [0.05, 0.1) is 24.8 Å². The van der Waals surface area contributed by atoms with Crippen LogP contribution in [0.2, 0.25) is 0 Å². The molecule has 0 bridgehead atoms. The second-order valence-corrected chi connectivity index (χ2v) is 12.6. The third kappa shape index (κ3) is 8.63. The zero-order valence-electron chi connectivity index (χ0n) is 25.9. The lowest BCUT2D eigenvalue weighted by Gasteiger charge is -2.34. The fourth-order valence-electron chi connectivity index (χ4n) is 4.92. The summed E-state index contributed by atoms with van der Waals surface area (Å²) in [6, 6.07) is 30.0. The molecule has 0 saturated heterocycles. The summed E-state index contributed by atoms with van der Waals surface area (Å²) < 4.78 is 40.0. The zero-order chi connectivity index (χ0) is 32.4. The van der Waals surface area contributed by atoms with Gasteiger partial charge in [0.15, 0.2) is 0 Å². The molecule has 4 rings (SSSR count). The predicted octanol–water partition coefficient (Wildman–Crippen LogP) is 5.06. The Labute approximate surface area is 265 Å². The molecule has 9 nitrogen and oxygen atoms in total. The molecule has 0 aromatic heterocycles. The van der Waals surface area contributed by atoms with Crippen molar-refractivity contribution >= 4 is 27.5 Å². The van der Waals surface area contributed by atoms with Crippen LogP contribution in [-0.4, -0.2) is 58.0 Å². The summed E-state index contributed by atoms with van der Waals surface area (Å²) in [6.45, 7) is 3.18. The average Bonchev–Trinajstić information content (AvgIpc) is 3.05. The first-order chi connectivity index (χ1) is 21.6. The number of hydrogen-bond acceptors (Lipinski definition) is 6. The normalized spacial score (nSPS) is 11.8. The third-order valence-electron chi connectivity index (χ3n) is 7.14. The number of carbonyl (C=O) groups is 2. The minimum Gasteiger partial charge on any atom is -0.497 e. The van der Waals surface area contributed by atoms with Crippen LogP contribution in [-0.2, 0) is 32.6 Å². The van der Waals surface area contributed by atoms with Crippen molar-refractivity contribution < 1.29 is 27.5 Å².